The van der Waals surface area contributed by atoms with E-state index in [1.807, 2.05) is 0 Å². The topological polar surface area (TPSA) is 71.1 Å². The van der Waals surface area contributed by atoms with Gasteiger partial charge in [-0.1, -0.05) is 23.2 Å². The third-order valence-corrected chi connectivity index (χ3v) is 3.70. The van der Waals surface area contributed by atoms with Gasteiger partial charge in [-0.2, -0.15) is 0 Å². The van der Waals surface area contributed by atoms with Gasteiger partial charge in [-0.15, -0.1) is 0 Å². The highest BCUT2D eigenvalue weighted by molar-refractivity contribution is 6.36. The average molecular weight is 322 g/mol. The molecule has 0 spiro atoms. The largest absolute Gasteiger partial charge is 0.325 e. The molecule has 0 unspecified atom stereocenters. The van der Waals surface area contributed by atoms with Crippen molar-refractivity contribution in [2.24, 2.45) is 0 Å². The highest BCUT2D eigenvalue weighted by Gasteiger charge is 2.20. The molecular weight excluding hydrogens is 313 g/mol. The number of rotatable bonds is 2. The molecular formula is C14H9Cl2N3O2. The van der Waals surface area contributed by atoms with Crippen LogP contribution in [-0.2, 0) is 11.2 Å². The number of nitrogens with zero attached hydrogens (tertiary/aromatic N) is 1. The molecule has 0 bridgehead atoms. The Bertz CT molecular complexity index is 762. The first-order chi connectivity index (χ1) is 10.0. The number of carbonyl (C=O) groups excluding carboxylic acids is 2. The van der Waals surface area contributed by atoms with Gasteiger partial charge in [0.05, 0.1) is 27.7 Å². The van der Waals surface area contributed by atoms with Gasteiger partial charge in [-0.25, -0.2) is 0 Å². The molecule has 1 aliphatic heterocycles. The number of amides is 2. The predicted octanol–water partition coefficient (Wildman–Crippen LogP) is 3.14. The van der Waals surface area contributed by atoms with Gasteiger partial charge in [0.1, 0.15) is 0 Å². The first kappa shape index (κ1) is 13.9. The lowest BCUT2D eigenvalue weighted by atomic mass is 10.1. The summed E-state index contributed by atoms with van der Waals surface area (Å²) < 4.78 is 0. The lowest BCUT2D eigenvalue weighted by Crippen LogP contribution is -2.13. The molecule has 5 nitrogen and oxygen atoms in total. The minimum Gasteiger partial charge on any atom is -0.325 e. The molecule has 106 valence electrons. The smallest absolute Gasteiger partial charge is 0.257 e. The van der Waals surface area contributed by atoms with Crippen LogP contribution in [0.2, 0.25) is 10.0 Å². The molecule has 21 heavy (non-hydrogen) atoms. The quantitative estimate of drug-likeness (QED) is 0.892. The molecule has 1 aromatic heterocycles. The van der Waals surface area contributed by atoms with Crippen molar-refractivity contribution in [3.05, 3.63) is 51.8 Å². The van der Waals surface area contributed by atoms with E-state index >= 15 is 0 Å². The second-order valence-corrected chi connectivity index (χ2v) is 5.34. The van der Waals surface area contributed by atoms with E-state index in [0.29, 0.717) is 22.0 Å². The molecule has 1 aromatic carbocycles. The Balaban J connectivity index is 1.89. The SMILES string of the molecule is O=C1Cc2cc(NC(=O)c3ccncc3Cl)c(Cl)cc2N1. The summed E-state index contributed by atoms with van der Waals surface area (Å²) in [5, 5.41) is 5.98. The molecule has 0 fully saturated rings. The summed E-state index contributed by atoms with van der Waals surface area (Å²) in [5.74, 6) is -0.483. The van der Waals surface area contributed by atoms with Gasteiger partial charge in [0.2, 0.25) is 5.91 Å². The van der Waals surface area contributed by atoms with Gasteiger partial charge >= 0.3 is 0 Å². The molecule has 0 atom stereocenters. The Morgan fingerprint density at radius 1 is 1.29 bits per heavy atom. The van der Waals surface area contributed by atoms with Crippen LogP contribution in [0, 0.1) is 0 Å². The highest BCUT2D eigenvalue weighted by Crippen LogP contribution is 2.33. The van der Waals surface area contributed by atoms with Gasteiger partial charge in [0.25, 0.3) is 5.91 Å². The Morgan fingerprint density at radius 3 is 2.86 bits per heavy atom. The Morgan fingerprint density at radius 2 is 2.10 bits per heavy atom. The van der Waals surface area contributed by atoms with E-state index in [4.69, 9.17) is 23.2 Å². The first-order valence-electron chi connectivity index (χ1n) is 6.08. The van der Waals surface area contributed by atoms with Gasteiger partial charge in [-0.3, -0.25) is 14.6 Å². The van der Waals surface area contributed by atoms with E-state index in [1.54, 1.807) is 12.1 Å². The zero-order chi connectivity index (χ0) is 15.0. The van der Waals surface area contributed by atoms with Crippen LogP contribution in [0.1, 0.15) is 15.9 Å². The second kappa shape index (κ2) is 5.35. The van der Waals surface area contributed by atoms with Crippen molar-refractivity contribution in [1.82, 2.24) is 4.98 Å². The monoisotopic (exact) mass is 321 g/mol. The minimum absolute atomic E-state index is 0.0956. The molecule has 0 saturated carbocycles. The van der Waals surface area contributed by atoms with E-state index in [1.165, 1.54) is 18.5 Å². The zero-order valence-corrected chi connectivity index (χ0v) is 12.1. The molecule has 7 heteroatoms. The lowest BCUT2D eigenvalue weighted by Gasteiger charge is -2.10. The van der Waals surface area contributed by atoms with Crippen LogP contribution < -0.4 is 10.6 Å². The van der Waals surface area contributed by atoms with Crippen LogP contribution in [-0.4, -0.2) is 16.8 Å². The molecule has 2 amide bonds. The standard InChI is InChI=1S/C14H9Cl2N3O2/c15-9-5-11-7(4-13(20)18-11)3-12(9)19-14(21)8-1-2-17-6-10(8)16/h1-3,5-6H,4H2,(H,18,20)(H,19,21). The summed E-state index contributed by atoms with van der Waals surface area (Å²) in [7, 11) is 0. The maximum Gasteiger partial charge on any atom is 0.257 e. The number of nitrogens with one attached hydrogen (secondary N) is 2. The van der Waals surface area contributed by atoms with Crippen LogP contribution in [0.5, 0.6) is 0 Å². The molecule has 2 heterocycles. The Hall–Kier alpha value is -2.11. The van der Waals surface area contributed by atoms with E-state index in [9.17, 15) is 9.59 Å². The maximum absolute atomic E-state index is 12.2. The molecule has 1 aliphatic rings. The molecule has 2 N–H and O–H groups in total. The summed E-state index contributed by atoms with van der Waals surface area (Å²) in [6, 6.07) is 4.82. The number of anilines is 2. The number of aromatic nitrogens is 1. The molecule has 0 aliphatic carbocycles. The minimum atomic E-state index is -0.387. The number of hydrogen-bond donors (Lipinski definition) is 2. The fourth-order valence-corrected chi connectivity index (χ4v) is 2.51. The highest BCUT2D eigenvalue weighted by atomic mass is 35.5. The fraction of sp³-hybridized carbons (Fsp3) is 0.0714. The van der Waals surface area contributed by atoms with Gasteiger partial charge in [-0.05, 0) is 23.8 Å². The molecule has 0 saturated heterocycles. The summed E-state index contributed by atoms with van der Waals surface area (Å²) in [6.45, 7) is 0. The van der Waals surface area contributed by atoms with Crippen molar-refractivity contribution in [3.63, 3.8) is 0 Å². The van der Waals surface area contributed by atoms with Crippen molar-refractivity contribution in [2.45, 2.75) is 6.42 Å². The fourth-order valence-electron chi connectivity index (χ4n) is 2.09. The zero-order valence-electron chi connectivity index (χ0n) is 10.6. The van der Waals surface area contributed by atoms with Crippen LogP contribution >= 0.6 is 23.2 Å². The predicted molar refractivity (Wildman–Crippen MR) is 81.0 cm³/mol. The summed E-state index contributed by atoms with van der Waals surface area (Å²) >= 11 is 12.0. The molecule has 2 aromatic rings. The van der Waals surface area contributed by atoms with E-state index in [0.717, 1.165) is 5.56 Å². The van der Waals surface area contributed by atoms with Crippen molar-refractivity contribution < 1.29 is 9.59 Å². The maximum atomic E-state index is 12.2. The van der Waals surface area contributed by atoms with Crippen LogP contribution in [0.15, 0.2) is 30.6 Å². The van der Waals surface area contributed by atoms with Crippen LogP contribution in [0.4, 0.5) is 11.4 Å². The number of carbonyl (C=O) groups is 2. The number of hydrogen-bond acceptors (Lipinski definition) is 3. The van der Waals surface area contributed by atoms with Crippen LogP contribution in [0.25, 0.3) is 0 Å². The third kappa shape index (κ3) is 2.70. The summed E-state index contributed by atoms with van der Waals surface area (Å²) in [4.78, 5) is 27.4. The van der Waals surface area contributed by atoms with Crippen molar-refractivity contribution in [2.75, 3.05) is 10.6 Å². The normalized spacial score (nSPS) is 12.8. The van der Waals surface area contributed by atoms with Crippen molar-refractivity contribution >= 4 is 46.4 Å². The molecule has 0 radical (unpaired) electrons. The number of fused-ring (bicyclic) bond motifs is 1. The molecule has 3 rings (SSSR count). The number of halogens is 2. The Labute approximate surface area is 130 Å². The van der Waals surface area contributed by atoms with E-state index in [-0.39, 0.29) is 23.3 Å². The van der Waals surface area contributed by atoms with E-state index < -0.39 is 0 Å². The summed E-state index contributed by atoms with van der Waals surface area (Å²) in [5.41, 5.74) is 2.20. The van der Waals surface area contributed by atoms with Crippen molar-refractivity contribution in [3.8, 4) is 0 Å². The van der Waals surface area contributed by atoms with Crippen LogP contribution in [0.3, 0.4) is 0 Å². The van der Waals surface area contributed by atoms with Crippen molar-refractivity contribution in [1.29, 1.82) is 0 Å². The number of pyridine rings is 1. The summed E-state index contributed by atoms with van der Waals surface area (Å²) in [6.07, 6.45) is 3.14. The van der Waals surface area contributed by atoms with Gasteiger partial charge in [0.15, 0.2) is 0 Å². The van der Waals surface area contributed by atoms with E-state index in [2.05, 4.69) is 15.6 Å². The van der Waals surface area contributed by atoms with Gasteiger partial charge < -0.3 is 10.6 Å². The van der Waals surface area contributed by atoms with Gasteiger partial charge in [0, 0.05) is 18.1 Å². The average Bonchev–Trinajstić information content (AvgIpc) is 2.78. The number of benzene rings is 1. The lowest BCUT2D eigenvalue weighted by molar-refractivity contribution is -0.115. The first-order valence-corrected chi connectivity index (χ1v) is 6.83. The third-order valence-electron chi connectivity index (χ3n) is 3.08. The second-order valence-electron chi connectivity index (χ2n) is 4.52. The Kier molecular flexibility index (Phi) is 3.53.